The van der Waals surface area contributed by atoms with Crippen LogP contribution in [-0.4, -0.2) is 166 Å². The summed E-state index contributed by atoms with van der Waals surface area (Å²) in [5, 5.41) is 47.6. The molecule has 0 spiro atoms. The number of aliphatic imine (C=N–C) groups is 3. The molecule has 3 atom stereocenters. The van der Waals surface area contributed by atoms with Gasteiger partial charge in [0.2, 0.25) is 5.88 Å². The van der Waals surface area contributed by atoms with E-state index >= 15 is 0 Å². The molecule has 45 heteroatoms. The van der Waals surface area contributed by atoms with Gasteiger partial charge in [-0.15, -0.1) is 11.6 Å². The van der Waals surface area contributed by atoms with Gasteiger partial charge in [-0.3, -0.25) is 66.0 Å². The number of benzene rings is 1. The van der Waals surface area contributed by atoms with Crippen LogP contribution in [0.1, 0.15) is 134 Å². The SMILES string of the molecule is C/C=C/c1cn(C(=O)c2sc(Nc3s[nH]c(=O)c3C(N)=NCCc3ccno3)nc2O)c2cc3ccc(C(C)(C)C)cc3nc12.CCC(C)N=C(N)c1c(Nc2ncc(C(=O)N3CC(Cl)c4c3cnc([N+](=O)[O-])c4Cl)s2)s[nH]c1=O.CO/C=C/c1cn(C(=O)c2cnc(Nc3s[nH]c(=O)c3C(N)=NC(C)CO)s2)c2cnc3ncc(N(C)C)cc3c12. The number of amides is 1. The van der Waals surface area contributed by atoms with Crippen LogP contribution >= 0.6 is 91.8 Å². The van der Waals surface area contributed by atoms with Crippen molar-refractivity contribution in [3.8, 4) is 5.88 Å². The van der Waals surface area contributed by atoms with Crippen molar-refractivity contribution in [1.29, 1.82) is 0 Å². The van der Waals surface area contributed by atoms with E-state index in [1.165, 1.54) is 38.8 Å². The zero-order valence-electron chi connectivity index (χ0n) is 65.7. The number of allylic oxidation sites excluding steroid dienone is 1. The first kappa shape index (κ1) is 86.1. The number of aliphatic hydroxyl groups is 1. The van der Waals surface area contributed by atoms with Gasteiger partial charge in [0.15, 0.2) is 32.1 Å². The number of H-pyrrole nitrogens is 3. The molecule has 14 heterocycles. The highest BCUT2D eigenvalue weighted by atomic mass is 35.5. The number of aromatic nitrogens is 13. The molecule has 0 radical (unpaired) electrons. The molecular weight excluding hydrogens is 1720 g/mol. The predicted molar refractivity (Wildman–Crippen MR) is 478 cm³/mol. The first-order chi connectivity index (χ1) is 57.9. The topological polar surface area (TPSA) is 526 Å². The van der Waals surface area contributed by atoms with Gasteiger partial charge in [-0.05, 0) is 107 Å². The molecule has 1 aliphatic rings. The number of aliphatic hydroxyl groups excluding tert-OH is 1. The Morgan fingerprint density at radius 3 is 1.99 bits per heavy atom. The lowest BCUT2D eigenvalue weighted by molar-refractivity contribution is -0.389. The fourth-order valence-electron chi connectivity index (χ4n) is 12.3. The molecule has 13 aromatic heterocycles. The van der Waals surface area contributed by atoms with Crippen molar-refractivity contribution >= 4 is 231 Å². The van der Waals surface area contributed by atoms with Crippen molar-refractivity contribution < 1.29 is 38.8 Å². The monoisotopic (exact) mass is 1790 g/mol. The van der Waals surface area contributed by atoms with Crippen molar-refractivity contribution in [1.82, 2.24) is 62.3 Å². The summed E-state index contributed by atoms with van der Waals surface area (Å²) in [4.78, 5) is 136. The lowest BCUT2D eigenvalue weighted by atomic mass is 9.86. The number of carbonyl (C=O) groups excluding carboxylic acids is 3. The Morgan fingerprint density at radius 1 is 0.785 bits per heavy atom. The number of nitrogens with two attached hydrogens (primary N) is 3. The second-order valence-electron chi connectivity index (χ2n) is 28.0. The number of rotatable bonds is 24. The van der Waals surface area contributed by atoms with Gasteiger partial charge < -0.3 is 72.5 Å². The minimum absolute atomic E-state index is 0.00787. The number of hydrogen-bond donors (Lipinski definition) is 11. The maximum atomic E-state index is 13.9. The van der Waals surface area contributed by atoms with Crippen LogP contribution in [0.2, 0.25) is 5.02 Å². The highest BCUT2D eigenvalue weighted by Gasteiger charge is 2.39. The predicted octanol–water partition coefficient (Wildman–Crippen LogP) is 12.8. The largest absolute Gasteiger partial charge is 0.504 e. The maximum absolute atomic E-state index is 13.9. The third-order valence-corrected chi connectivity index (χ3v) is 24.4. The summed E-state index contributed by atoms with van der Waals surface area (Å²) in [5.74, 6) is -1.39. The number of nitro groups is 1. The number of alkyl halides is 1. The fraction of sp³-hybridized carbons (Fsp3) is 0.250. The van der Waals surface area contributed by atoms with E-state index in [1.54, 1.807) is 57.2 Å². The second-order valence-corrected chi connectivity index (χ2v) is 34.4. The Balaban J connectivity index is 0.000000158. The number of methoxy groups -OCH3 is 1. The smallest absolute Gasteiger partial charge is 0.382 e. The van der Waals surface area contributed by atoms with Crippen LogP contribution < -0.4 is 59.6 Å². The second kappa shape index (κ2) is 36.5. The average molecular weight is 1790 g/mol. The molecule has 0 fully saturated rings. The van der Waals surface area contributed by atoms with Gasteiger partial charge in [-0.25, -0.2) is 24.9 Å². The van der Waals surface area contributed by atoms with Crippen LogP contribution in [0.4, 0.5) is 47.6 Å². The number of ether oxygens (including phenoxy) is 1. The Morgan fingerprint density at radius 2 is 1.40 bits per heavy atom. The number of aromatic hydroxyl groups is 1. The third-order valence-electron chi connectivity index (χ3n) is 18.5. The Labute approximate surface area is 719 Å². The molecule has 37 nitrogen and oxygen atoms in total. The molecule has 0 saturated carbocycles. The molecular formula is C76H75Cl2N25O12S6. The molecule has 0 saturated heterocycles. The number of amidine groups is 3. The molecule has 1 aromatic carbocycles. The number of carbonyl (C=O) groups is 3. The molecule has 626 valence electrons. The number of pyridine rings is 4. The number of thiazole rings is 3. The van der Waals surface area contributed by atoms with E-state index in [-0.39, 0.29) is 102 Å². The fourth-order valence-corrected chi connectivity index (χ4v) is 17.8. The Hall–Kier alpha value is -12.8. The molecule has 14 aromatic rings. The van der Waals surface area contributed by atoms with Gasteiger partial charge in [0.1, 0.15) is 69.7 Å². The van der Waals surface area contributed by atoms with Crippen LogP contribution in [0, 0.1) is 10.1 Å². The normalized spacial score (nSPS) is 13.7. The van der Waals surface area contributed by atoms with Gasteiger partial charge in [-0.2, -0.15) is 4.98 Å². The molecule has 15 rings (SSSR count). The summed E-state index contributed by atoms with van der Waals surface area (Å²) in [6, 6.07) is 11.3. The molecule has 0 bridgehead atoms. The zero-order chi connectivity index (χ0) is 86.6. The van der Waals surface area contributed by atoms with Gasteiger partial charge in [0, 0.05) is 91.0 Å². The average Bonchev–Trinajstić information content (AvgIpc) is 1.63. The van der Waals surface area contributed by atoms with Crippen molar-refractivity contribution in [2.75, 3.05) is 66.7 Å². The molecule has 14 N–H and O–H groups in total. The van der Waals surface area contributed by atoms with Crippen molar-refractivity contribution in [2.24, 2.45) is 32.2 Å². The number of hydrogen-bond acceptors (Lipinski definition) is 33. The summed E-state index contributed by atoms with van der Waals surface area (Å²) in [5.41, 5.74) is 24.9. The van der Waals surface area contributed by atoms with E-state index in [2.05, 4.69) is 112 Å². The summed E-state index contributed by atoms with van der Waals surface area (Å²) in [6.07, 6.45) is 20.7. The lowest BCUT2D eigenvalue weighted by Crippen LogP contribution is -2.28. The lowest BCUT2D eigenvalue weighted by Gasteiger charge is -2.19. The third kappa shape index (κ3) is 18.4. The number of fused-ring (bicyclic) bond motifs is 6. The van der Waals surface area contributed by atoms with Crippen LogP contribution in [0.25, 0.3) is 56.0 Å². The van der Waals surface area contributed by atoms with E-state index < -0.39 is 51.0 Å². The van der Waals surface area contributed by atoms with Crippen LogP contribution in [-0.2, 0) is 16.6 Å². The zero-order valence-corrected chi connectivity index (χ0v) is 72.1. The van der Waals surface area contributed by atoms with Crippen molar-refractivity contribution in [2.45, 2.75) is 84.2 Å². The Kier molecular flexibility index (Phi) is 25.9. The molecule has 1 aliphatic heterocycles. The molecule has 1 amide bonds. The number of nitrogens with zero attached hydrogens (tertiary/aromatic N) is 16. The van der Waals surface area contributed by atoms with Crippen LogP contribution in [0.3, 0.4) is 0 Å². The summed E-state index contributed by atoms with van der Waals surface area (Å²) < 4.78 is 21.1. The van der Waals surface area contributed by atoms with E-state index in [0.29, 0.717) is 70.2 Å². The van der Waals surface area contributed by atoms with Crippen molar-refractivity contribution in [3.05, 3.63) is 204 Å². The quantitative estimate of drug-likeness (QED) is 0.00668. The molecule has 0 aliphatic carbocycles. The standard InChI is InChI=1S/C31H30N8O4S2.C26H27N9O4S2.C19H18Cl2N8O4S2/c1-5-6-17-15-39(21-13-16-7-8-18(31(2,3)4)14-20(16)35-23(17)21)29(42)24-27(41)36-30(44-24)37-28-22(26(40)38-45-28)25(32)33-11-9-19-10-12-34-43-19;1-13(12-36)31-21(27)20-23(37)33-41-24(20)32-26-30-10-18(40-26)25(38)35-11-14(5-6-39-4)19-16-7-15(34(2)3)8-28-22(16)29-9-17(19)35;1-3-7(2)25-14(22)12-16(30)27-35-17(12)26-19-24-5-10(34-19)18(31)28-6-8(20)11-9(28)4-23-15(13(11)21)29(32)33/h5-8,10,12-15,41H,9,11H2,1-4H3,(H2,32,33)(H,36,37)(H,38,40);5-11,13,36H,12H2,1-4H3,(H2,27,31)(H,30,32)(H,33,37);4-5,7-8H,3,6H2,1-2H3,(H2,22,25)(H,24,26)(H,27,30)/b2*6-5+;. The van der Waals surface area contributed by atoms with Gasteiger partial charge in [0.25, 0.3) is 34.4 Å². The summed E-state index contributed by atoms with van der Waals surface area (Å²) >= 11 is 18.7. The van der Waals surface area contributed by atoms with E-state index in [4.69, 9.17) is 54.6 Å². The van der Waals surface area contributed by atoms with Crippen LogP contribution in [0.5, 0.6) is 5.88 Å². The number of aromatic amines is 3. The highest BCUT2D eigenvalue weighted by molar-refractivity contribution is 7.19. The maximum Gasteiger partial charge on any atom is 0.382 e. The highest BCUT2D eigenvalue weighted by Crippen LogP contribution is 2.47. The number of anilines is 8. The first-order valence-corrected chi connectivity index (χ1v) is 42.3. The number of halogens is 2. The molecule has 3 unspecified atom stereocenters. The minimum Gasteiger partial charge on any atom is -0.504 e. The van der Waals surface area contributed by atoms with Gasteiger partial charge in [0.05, 0.1) is 95.8 Å². The van der Waals surface area contributed by atoms with Gasteiger partial charge >= 0.3 is 5.82 Å². The summed E-state index contributed by atoms with van der Waals surface area (Å²) in [6.45, 7) is 14.0. The van der Waals surface area contributed by atoms with E-state index in [1.807, 2.05) is 70.1 Å². The van der Waals surface area contributed by atoms with Crippen molar-refractivity contribution in [3.63, 3.8) is 0 Å². The van der Waals surface area contributed by atoms with E-state index in [9.17, 15) is 49.1 Å². The van der Waals surface area contributed by atoms with Gasteiger partial charge in [-0.1, -0.05) is 103 Å². The minimum atomic E-state index is -0.735. The molecule has 121 heavy (non-hydrogen) atoms. The first-order valence-electron chi connectivity index (χ1n) is 36.5. The van der Waals surface area contributed by atoms with Crippen LogP contribution in [0.15, 0.2) is 132 Å². The summed E-state index contributed by atoms with van der Waals surface area (Å²) in [7, 11) is 5.41. The van der Waals surface area contributed by atoms with E-state index in [0.717, 1.165) is 119 Å². The Bertz CT molecular complexity index is 6670. The number of nitrogens with one attached hydrogen (secondary N) is 6.